The van der Waals surface area contributed by atoms with E-state index in [1.54, 1.807) is 45.5 Å². The number of fused-ring (bicyclic) bond motifs is 1. The van der Waals surface area contributed by atoms with E-state index in [0.717, 1.165) is 21.1 Å². The van der Waals surface area contributed by atoms with Gasteiger partial charge < -0.3 is 4.90 Å². The second-order valence-electron chi connectivity index (χ2n) is 7.13. The van der Waals surface area contributed by atoms with Crippen molar-refractivity contribution < 1.29 is 4.79 Å². The summed E-state index contributed by atoms with van der Waals surface area (Å²) in [5, 5.41) is 15.5. The summed E-state index contributed by atoms with van der Waals surface area (Å²) in [6.07, 6.45) is 3.28. The first-order valence-electron chi connectivity index (χ1n) is 9.64. The van der Waals surface area contributed by atoms with Gasteiger partial charge in [-0.25, -0.2) is 9.67 Å². The Hall–Kier alpha value is -3.43. The number of tetrazole rings is 1. The smallest absolute Gasteiger partial charge is 0.254 e. The quantitative estimate of drug-likeness (QED) is 0.386. The minimum Gasteiger partial charge on any atom is -0.333 e. The van der Waals surface area contributed by atoms with Crippen molar-refractivity contribution in [3.8, 4) is 16.1 Å². The highest BCUT2D eigenvalue weighted by Crippen LogP contribution is 2.35. The van der Waals surface area contributed by atoms with E-state index in [9.17, 15) is 4.79 Å². The summed E-state index contributed by atoms with van der Waals surface area (Å²) in [6, 6.07) is 16.0. The van der Waals surface area contributed by atoms with E-state index in [1.807, 2.05) is 42.6 Å². The van der Waals surface area contributed by atoms with Crippen molar-refractivity contribution in [3.05, 3.63) is 77.0 Å². The van der Waals surface area contributed by atoms with E-state index in [2.05, 4.69) is 38.7 Å². The van der Waals surface area contributed by atoms with Crippen molar-refractivity contribution in [1.29, 1.82) is 0 Å². The third-order valence-corrected chi connectivity index (χ3v) is 7.31. The molecule has 31 heavy (non-hydrogen) atoms. The second-order valence-corrected chi connectivity index (χ2v) is 9.14. The molecule has 0 spiro atoms. The molecule has 0 bridgehead atoms. The first-order chi connectivity index (χ1) is 15.1. The Labute approximate surface area is 186 Å². The summed E-state index contributed by atoms with van der Waals surface area (Å²) in [5.41, 5.74) is 2.26. The topological polar surface area (TPSA) is 76.8 Å². The van der Waals surface area contributed by atoms with Crippen LogP contribution in [0.1, 0.15) is 28.3 Å². The molecule has 5 rings (SSSR count). The van der Waals surface area contributed by atoms with Crippen LogP contribution in [0.2, 0.25) is 0 Å². The first kappa shape index (κ1) is 19.5. The molecular weight excluding hydrogens is 428 g/mol. The van der Waals surface area contributed by atoms with Crippen LogP contribution in [0.3, 0.4) is 0 Å². The van der Waals surface area contributed by atoms with Gasteiger partial charge in [0.25, 0.3) is 5.91 Å². The van der Waals surface area contributed by atoms with Crippen molar-refractivity contribution in [2.45, 2.75) is 13.0 Å². The predicted octanol–water partition coefficient (Wildman–Crippen LogP) is 4.83. The van der Waals surface area contributed by atoms with Gasteiger partial charge >= 0.3 is 0 Å². The van der Waals surface area contributed by atoms with Gasteiger partial charge in [0, 0.05) is 33.8 Å². The molecule has 0 fully saturated rings. The molecule has 1 unspecified atom stereocenters. The van der Waals surface area contributed by atoms with Gasteiger partial charge in [-0.2, -0.15) is 0 Å². The fraction of sp³-hybridized carbons (Fsp3) is 0.136. The van der Waals surface area contributed by atoms with Crippen LogP contribution in [-0.4, -0.2) is 43.0 Å². The van der Waals surface area contributed by atoms with Crippen LogP contribution in [0.4, 0.5) is 0 Å². The van der Waals surface area contributed by atoms with E-state index < -0.39 is 0 Å². The van der Waals surface area contributed by atoms with Gasteiger partial charge in [-0.3, -0.25) is 4.79 Å². The maximum absolute atomic E-state index is 13.4. The van der Waals surface area contributed by atoms with Crippen molar-refractivity contribution in [2.24, 2.45) is 0 Å². The monoisotopic (exact) mass is 446 g/mol. The van der Waals surface area contributed by atoms with E-state index >= 15 is 0 Å². The number of thiazole rings is 1. The standard InChI is InChI=1S/C22H18N6OS2/c1-14(21-23-7-8-30-21)27(2)22(29)17-9-16(10-18(11-17)28-13-24-25-26-28)20-12-15-5-3-4-6-19(15)31-20/h3-14H,1-2H3. The molecule has 3 heterocycles. The van der Waals surface area contributed by atoms with E-state index in [4.69, 9.17) is 0 Å². The van der Waals surface area contributed by atoms with Crippen molar-refractivity contribution in [1.82, 2.24) is 30.1 Å². The van der Waals surface area contributed by atoms with Crippen LogP contribution in [0, 0.1) is 0 Å². The molecule has 0 radical (unpaired) electrons. The fourth-order valence-corrected chi connectivity index (χ4v) is 5.19. The Morgan fingerprint density at radius 2 is 2.03 bits per heavy atom. The molecule has 0 aliphatic rings. The van der Waals surface area contributed by atoms with Crippen molar-refractivity contribution in [2.75, 3.05) is 7.05 Å². The normalized spacial score (nSPS) is 12.2. The lowest BCUT2D eigenvalue weighted by atomic mass is 10.1. The number of carbonyl (C=O) groups is 1. The first-order valence-corrected chi connectivity index (χ1v) is 11.3. The molecule has 9 heteroatoms. The largest absolute Gasteiger partial charge is 0.333 e. The van der Waals surface area contributed by atoms with Crippen LogP contribution in [-0.2, 0) is 0 Å². The number of aromatic nitrogens is 5. The van der Waals surface area contributed by atoms with Crippen LogP contribution < -0.4 is 0 Å². The summed E-state index contributed by atoms with van der Waals surface area (Å²) in [7, 11) is 1.80. The van der Waals surface area contributed by atoms with E-state index in [0.29, 0.717) is 5.56 Å². The zero-order chi connectivity index (χ0) is 21.4. The van der Waals surface area contributed by atoms with Crippen LogP contribution in [0.5, 0.6) is 0 Å². The highest BCUT2D eigenvalue weighted by molar-refractivity contribution is 7.22. The number of hydrogen-bond acceptors (Lipinski definition) is 7. The lowest BCUT2D eigenvalue weighted by molar-refractivity contribution is 0.0742. The Kier molecular flexibility index (Phi) is 5.05. The molecule has 0 saturated heterocycles. The zero-order valence-corrected chi connectivity index (χ0v) is 18.5. The number of nitrogens with zero attached hydrogens (tertiary/aromatic N) is 6. The number of benzene rings is 2. The predicted molar refractivity (Wildman–Crippen MR) is 123 cm³/mol. The third kappa shape index (κ3) is 3.73. The Morgan fingerprint density at radius 1 is 1.16 bits per heavy atom. The minimum absolute atomic E-state index is 0.0833. The second kappa shape index (κ2) is 8.01. The Balaban J connectivity index is 1.58. The van der Waals surface area contributed by atoms with Gasteiger partial charge in [-0.05, 0) is 58.6 Å². The molecule has 1 atom stereocenters. The summed E-state index contributed by atoms with van der Waals surface area (Å²) >= 11 is 3.24. The van der Waals surface area contributed by atoms with E-state index in [-0.39, 0.29) is 11.9 Å². The summed E-state index contributed by atoms with van der Waals surface area (Å²) in [6.45, 7) is 1.98. The number of hydrogen-bond donors (Lipinski definition) is 0. The molecule has 0 saturated carbocycles. The van der Waals surface area contributed by atoms with Gasteiger partial charge in [-0.15, -0.1) is 27.8 Å². The van der Waals surface area contributed by atoms with Crippen LogP contribution in [0.15, 0.2) is 66.4 Å². The van der Waals surface area contributed by atoms with Gasteiger partial charge in [-0.1, -0.05) is 18.2 Å². The van der Waals surface area contributed by atoms with Gasteiger partial charge in [0.05, 0.1) is 11.7 Å². The highest BCUT2D eigenvalue weighted by Gasteiger charge is 2.22. The van der Waals surface area contributed by atoms with E-state index in [1.165, 1.54) is 16.4 Å². The molecule has 0 aliphatic carbocycles. The summed E-state index contributed by atoms with van der Waals surface area (Å²) < 4.78 is 2.77. The molecule has 3 aromatic heterocycles. The minimum atomic E-state index is -0.128. The SMILES string of the molecule is CC(c1nccs1)N(C)C(=O)c1cc(-c2cc3ccccc3s2)cc(-n2cnnn2)c1. The molecule has 2 aromatic carbocycles. The molecule has 1 amide bonds. The maximum Gasteiger partial charge on any atom is 0.254 e. The van der Waals surface area contributed by atoms with Gasteiger partial charge in [0.1, 0.15) is 11.3 Å². The lowest BCUT2D eigenvalue weighted by Crippen LogP contribution is -2.29. The highest BCUT2D eigenvalue weighted by atomic mass is 32.1. The molecule has 0 N–H and O–H groups in total. The Morgan fingerprint density at radius 3 is 2.77 bits per heavy atom. The third-order valence-electron chi connectivity index (χ3n) is 5.20. The fourth-order valence-electron chi connectivity index (χ4n) is 3.40. The number of thiophene rings is 1. The number of carbonyl (C=O) groups excluding carboxylic acids is 1. The molecule has 5 aromatic rings. The Bertz CT molecular complexity index is 1310. The molecule has 0 aliphatic heterocycles. The lowest BCUT2D eigenvalue weighted by Gasteiger charge is -2.23. The average Bonchev–Trinajstić information content (AvgIpc) is 3.57. The number of rotatable bonds is 5. The maximum atomic E-state index is 13.4. The van der Waals surface area contributed by atoms with Gasteiger partial charge in [0.15, 0.2) is 0 Å². The van der Waals surface area contributed by atoms with Crippen molar-refractivity contribution >= 4 is 38.7 Å². The molecular formula is C22H18N6OS2. The molecule has 154 valence electrons. The average molecular weight is 447 g/mol. The summed E-state index contributed by atoms with van der Waals surface area (Å²) in [5.74, 6) is -0.0833. The molecule has 7 nitrogen and oxygen atoms in total. The number of amides is 1. The van der Waals surface area contributed by atoms with Gasteiger partial charge in [0.2, 0.25) is 0 Å². The van der Waals surface area contributed by atoms with Crippen LogP contribution in [0.25, 0.3) is 26.2 Å². The van der Waals surface area contributed by atoms with Crippen molar-refractivity contribution in [3.63, 3.8) is 0 Å². The summed E-state index contributed by atoms with van der Waals surface area (Å²) in [4.78, 5) is 20.6. The van der Waals surface area contributed by atoms with Crippen LogP contribution >= 0.6 is 22.7 Å². The zero-order valence-electron chi connectivity index (χ0n) is 16.8.